The molecule has 94 valence electrons. The van der Waals surface area contributed by atoms with Crippen LogP contribution in [0.15, 0.2) is 42.5 Å². The van der Waals surface area contributed by atoms with Gasteiger partial charge >= 0.3 is 0 Å². The normalized spacial score (nSPS) is 10.4. The SMILES string of the molecule is NCCc1cc(F)cc(Oc2cccc(I)c2)c1. The van der Waals surface area contributed by atoms with Crippen molar-refractivity contribution in [2.75, 3.05) is 6.54 Å². The van der Waals surface area contributed by atoms with Gasteiger partial charge in [0.25, 0.3) is 0 Å². The van der Waals surface area contributed by atoms with Crippen LogP contribution in [0.5, 0.6) is 11.5 Å². The highest BCUT2D eigenvalue weighted by molar-refractivity contribution is 14.1. The summed E-state index contributed by atoms with van der Waals surface area (Å²) in [5.74, 6) is 0.897. The molecule has 2 aromatic carbocycles. The van der Waals surface area contributed by atoms with Gasteiger partial charge in [-0.25, -0.2) is 4.39 Å². The number of halogens is 2. The van der Waals surface area contributed by atoms with Crippen LogP contribution in [0.1, 0.15) is 5.56 Å². The highest BCUT2D eigenvalue weighted by atomic mass is 127. The van der Waals surface area contributed by atoms with Crippen molar-refractivity contribution >= 4 is 22.6 Å². The molecule has 0 aromatic heterocycles. The minimum atomic E-state index is -0.304. The first-order valence-electron chi connectivity index (χ1n) is 5.60. The molecule has 0 aliphatic heterocycles. The number of hydrogen-bond donors (Lipinski definition) is 1. The fraction of sp³-hybridized carbons (Fsp3) is 0.143. The standard InChI is InChI=1S/C14H13FINO/c15-11-6-10(4-5-17)7-14(8-11)18-13-3-1-2-12(16)9-13/h1-3,6-9H,4-5,17H2. The van der Waals surface area contributed by atoms with E-state index in [2.05, 4.69) is 22.6 Å². The van der Waals surface area contributed by atoms with Gasteiger partial charge in [-0.15, -0.1) is 0 Å². The van der Waals surface area contributed by atoms with Crippen LogP contribution in [-0.4, -0.2) is 6.54 Å². The topological polar surface area (TPSA) is 35.2 Å². The van der Waals surface area contributed by atoms with Crippen molar-refractivity contribution in [3.8, 4) is 11.5 Å². The summed E-state index contributed by atoms with van der Waals surface area (Å²) < 4.78 is 20.1. The van der Waals surface area contributed by atoms with E-state index in [-0.39, 0.29) is 5.82 Å². The summed E-state index contributed by atoms with van der Waals surface area (Å²) in [5, 5.41) is 0. The monoisotopic (exact) mass is 357 g/mol. The maximum atomic E-state index is 13.4. The zero-order valence-corrected chi connectivity index (χ0v) is 11.9. The van der Waals surface area contributed by atoms with Crippen molar-refractivity contribution in [2.24, 2.45) is 5.73 Å². The van der Waals surface area contributed by atoms with E-state index in [4.69, 9.17) is 10.5 Å². The van der Waals surface area contributed by atoms with Gasteiger partial charge in [-0.1, -0.05) is 6.07 Å². The molecule has 2 rings (SSSR count). The lowest BCUT2D eigenvalue weighted by atomic mass is 10.1. The zero-order chi connectivity index (χ0) is 13.0. The number of nitrogens with two attached hydrogens (primary N) is 1. The van der Waals surface area contributed by atoms with Crippen LogP contribution in [0.3, 0.4) is 0 Å². The summed E-state index contributed by atoms with van der Waals surface area (Å²) in [5.41, 5.74) is 6.31. The molecule has 4 heteroatoms. The maximum absolute atomic E-state index is 13.4. The van der Waals surface area contributed by atoms with Gasteiger partial charge in [-0.05, 0) is 71.5 Å². The molecule has 0 radical (unpaired) electrons. The second-order valence-corrected chi connectivity index (χ2v) is 5.14. The third-order valence-corrected chi connectivity index (χ3v) is 3.07. The van der Waals surface area contributed by atoms with Gasteiger partial charge in [0, 0.05) is 9.64 Å². The highest BCUT2D eigenvalue weighted by Gasteiger charge is 2.03. The minimum absolute atomic E-state index is 0.304. The lowest BCUT2D eigenvalue weighted by Crippen LogP contribution is -2.03. The first-order valence-corrected chi connectivity index (χ1v) is 6.68. The van der Waals surface area contributed by atoms with Crippen LogP contribution in [0.2, 0.25) is 0 Å². The van der Waals surface area contributed by atoms with Crippen molar-refractivity contribution in [3.63, 3.8) is 0 Å². The minimum Gasteiger partial charge on any atom is -0.457 e. The van der Waals surface area contributed by atoms with Crippen LogP contribution in [0.4, 0.5) is 4.39 Å². The number of benzene rings is 2. The summed E-state index contributed by atoms with van der Waals surface area (Å²) >= 11 is 2.20. The molecule has 2 nitrogen and oxygen atoms in total. The van der Waals surface area contributed by atoms with E-state index in [9.17, 15) is 4.39 Å². The average molecular weight is 357 g/mol. The molecule has 0 bridgehead atoms. The van der Waals surface area contributed by atoms with E-state index in [1.807, 2.05) is 30.3 Å². The van der Waals surface area contributed by atoms with Crippen LogP contribution >= 0.6 is 22.6 Å². The Kier molecular flexibility index (Phi) is 4.54. The van der Waals surface area contributed by atoms with Crippen molar-refractivity contribution < 1.29 is 9.13 Å². The Morgan fingerprint density at radius 2 is 1.94 bits per heavy atom. The molecule has 0 spiro atoms. The van der Waals surface area contributed by atoms with Gasteiger partial charge in [0.1, 0.15) is 17.3 Å². The van der Waals surface area contributed by atoms with Crippen molar-refractivity contribution in [1.29, 1.82) is 0 Å². The lowest BCUT2D eigenvalue weighted by molar-refractivity contribution is 0.475. The summed E-state index contributed by atoms with van der Waals surface area (Å²) in [6.07, 6.45) is 0.639. The van der Waals surface area contributed by atoms with Gasteiger partial charge in [-0.3, -0.25) is 0 Å². The number of hydrogen-bond acceptors (Lipinski definition) is 2. The largest absolute Gasteiger partial charge is 0.457 e. The third kappa shape index (κ3) is 3.68. The van der Waals surface area contributed by atoms with Gasteiger partial charge in [-0.2, -0.15) is 0 Å². The summed E-state index contributed by atoms with van der Waals surface area (Å²) in [6.45, 7) is 0.492. The first kappa shape index (κ1) is 13.3. The fourth-order valence-electron chi connectivity index (χ4n) is 1.66. The Morgan fingerprint density at radius 1 is 1.11 bits per heavy atom. The first-order chi connectivity index (χ1) is 8.67. The molecule has 0 unspecified atom stereocenters. The molecule has 2 N–H and O–H groups in total. The quantitative estimate of drug-likeness (QED) is 0.847. The Hall–Kier alpha value is -1.14. The van der Waals surface area contributed by atoms with E-state index in [0.717, 1.165) is 9.13 Å². The predicted octanol–water partition coefficient (Wildman–Crippen LogP) is 3.72. The van der Waals surface area contributed by atoms with E-state index in [1.54, 1.807) is 0 Å². The maximum Gasteiger partial charge on any atom is 0.130 e. The lowest BCUT2D eigenvalue weighted by Gasteiger charge is -2.08. The molecule has 0 amide bonds. The smallest absolute Gasteiger partial charge is 0.130 e. The van der Waals surface area contributed by atoms with Crippen molar-refractivity contribution in [2.45, 2.75) is 6.42 Å². The molecule has 0 atom stereocenters. The summed E-state index contributed by atoms with van der Waals surface area (Å²) in [4.78, 5) is 0. The second kappa shape index (κ2) is 6.15. The van der Waals surface area contributed by atoms with Gasteiger partial charge in [0.2, 0.25) is 0 Å². The molecule has 0 saturated carbocycles. The van der Waals surface area contributed by atoms with Gasteiger partial charge < -0.3 is 10.5 Å². The van der Waals surface area contributed by atoms with Crippen LogP contribution in [0.25, 0.3) is 0 Å². The Morgan fingerprint density at radius 3 is 2.67 bits per heavy atom. The van der Waals surface area contributed by atoms with Gasteiger partial charge in [0.05, 0.1) is 0 Å². The molecule has 2 aromatic rings. The molecular formula is C14H13FINO. The zero-order valence-electron chi connectivity index (χ0n) is 9.70. The molecule has 0 aliphatic rings. The second-order valence-electron chi connectivity index (χ2n) is 3.89. The van der Waals surface area contributed by atoms with Crippen molar-refractivity contribution in [3.05, 3.63) is 57.4 Å². The molecule has 0 saturated heterocycles. The molecule has 18 heavy (non-hydrogen) atoms. The number of ether oxygens (including phenoxy) is 1. The fourth-order valence-corrected chi connectivity index (χ4v) is 2.17. The van der Waals surface area contributed by atoms with Crippen LogP contribution in [-0.2, 0) is 6.42 Å². The molecule has 0 heterocycles. The van der Waals surface area contributed by atoms with E-state index < -0.39 is 0 Å². The summed E-state index contributed by atoms with van der Waals surface area (Å²) in [7, 11) is 0. The van der Waals surface area contributed by atoms with Crippen LogP contribution < -0.4 is 10.5 Å². The average Bonchev–Trinajstić information content (AvgIpc) is 2.28. The Balaban J connectivity index is 2.23. The predicted molar refractivity (Wildman–Crippen MR) is 78.4 cm³/mol. The highest BCUT2D eigenvalue weighted by Crippen LogP contribution is 2.25. The van der Waals surface area contributed by atoms with Crippen LogP contribution in [0, 0.1) is 9.39 Å². The molecule has 0 aliphatic carbocycles. The van der Waals surface area contributed by atoms with Crippen molar-refractivity contribution in [1.82, 2.24) is 0 Å². The molecular weight excluding hydrogens is 344 g/mol. The Bertz CT molecular complexity index is 545. The molecule has 0 fully saturated rings. The van der Waals surface area contributed by atoms with Gasteiger partial charge in [0.15, 0.2) is 0 Å². The van der Waals surface area contributed by atoms with E-state index in [0.29, 0.717) is 24.5 Å². The summed E-state index contributed by atoms with van der Waals surface area (Å²) in [6, 6.07) is 12.3. The van der Waals surface area contributed by atoms with E-state index >= 15 is 0 Å². The van der Waals surface area contributed by atoms with E-state index in [1.165, 1.54) is 12.1 Å². The Labute approximate surface area is 119 Å². The third-order valence-electron chi connectivity index (χ3n) is 2.40. The number of rotatable bonds is 4.